The highest BCUT2D eigenvalue weighted by molar-refractivity contribution is 6.35. The number of hydrogen-bond donors (Lipinski definition) is 1. The van der Waals surface area contributed by atoms with Gasteiger partial charge < -0.3 is 24.3 Å². The Labute approximate surface area is 242 Å². The zero-order valence-corrected chi connectivity index (χ0v) is 23.6. The molecule has 41 heavy (non-hydrogen) atoms. The van der Waals surface area contributed by atoms with Gasteiger partial charge in [0, 0.05) is 18.5 Å². The number of carbonyl (C=O) groups is 1. The molecule has 11 heteroatoms. The van der Waals surface area contributed by atoms with Crippen LogP contribution in [-0.2, 0) is 22.5 Å². The summed E-state index contributed by atoms with van der Waals surface area (Å²) in [5.74, 6) is 1.43. The Morgan fingerprint density at radius 3 is 2.71 bits per heavy atom. The Balaban J connectivity index is 1.27. The number of fused-ring (bicyclic) bond motifs is 2. The fourth-order valence-corrected chi connectivity index (χ4v) is 5.39. The van der Waals surface area contributed by atoms with Crippen LogP contribution in [0.5, 0.6) is 5.75 Å². The lowest BCUT2D eigenvalue weighted by molar-refractivity contribution is -0.134. The lowest BCUT2D eigenvalue weighted by Crippen LogP contribution is -2.41. The van der Waals surface area contributed by atoms with Gasteiger partial charge in [0.2, 0.25) is 5.91 Å². The second-order valence-corrected chi connectivity index (χ2v) is 10.4. The van der Waals surface area contributed by atoms with E-state index in [-0.39, 0.29) is 18.4 Å². The van der Waals surface area contributed by atoms with Crippen molar-refractivity contribution in [1.82, 2.24) is 29.4 Å². The maximum atomic E-state index is 13.1. The maximum Gasteiger partial charge on any atom is 0.228 e. The number of methoxy groups -OCH3 is 1. The van der Waals surface area contributed by atoms with Crippen LogP contribution in [0.3, 0.4) is 0 Å². The SMILES string of the molecule is COc1ccc(Cn2cnc3c(N[C@@H](C)c4cc5cccc(Cl)c5c(CC(=O)N5CCOCC5)n4)ncnc32)cc1. The summed E-state index contributed by atoms with van der Waals surface area (Å²) in [6.07, 6.45) is 3.46. The normalized spacial score (nSPS) is 14.4. The number of hydrogen-bond acceptors (Lipinski definition) is 8. The van der Waals surface area contributed by atoms with Crippen molar-refractivity contribution in [2.24, 2.45) is 0 Å². The first kappa shape index (κ1) is 26.9. The summed E-state index contributed by atoms with van der Waals surface area (Å²) < 4.78 is 12.7. The molecular formula is C30H30ClN7O3. The molecule has 0 aliphatic carbocycles. The topological polar surface area (TPSA) is 107 Å². The van der Waals surface area contributed by atoms with Crippen LogP contribution < -0.4 is 10.1 Å². The van der Waals surface area contributed by atoms with Crippen molar-refractivity contribution >= 4 is 45.3 Å². The quantitative estimate of drug-likeness (QED) is 0.287. The van der Waals surface area contributed by atoms with Gasteiger partial charge >= 0.3 is 0 Å². The van der Waals surface area contributed by atoms with E-state index in [4.69, 9.17) is 26.1 Å². The van der Waals surface area contributed by atoms with Gasteiger partial charge in [0.05, 0.1) is 62.1 Å². The molecule has 0 spiro atoms. The first-order valence-electron chi connectivity index (χ1n) is 13.5. The second kappa shape index (κ2) is 11.7. The molecule has 10 nitrogen and oxygen atoms in total. The number of anilines is 1. The molecule has 1 fully saturated rings. The highest BCUT2D eigenvalue weighted by Gasteiger charge is 2.22. The van der Waals surface area contributed by atoms with Crippen molar-refractivity contribution in [3.63, 3.8) is 0 Å². The van der Waals surface area contributed by atoms with Crippen LogP contribution in [0.1, 0.15) is 29.9 Å². The molecule has 1 saturated heterocycles. The molecule has 6 rings (SSSR count). The largest absolute Gasteiger partial charge is 0.497 e. The first-order valence-corrected chi connectivity index (χ1v) is 13.9. The minimum Gasteiger partial charge on any atom is -0.497 e. The first-order chi connectivity index (χ1) is 20.0. The average Bonchev–Trinajstić information content (AvgIpc) is 3.41. The van der Waals surface area contributed by atoms with E-state index >= 15 is 0 Å². The van der Waals surface area contributed by atoms with Crippen molar-refractivity contribution in [1.29, 1.82) is 0 Å². The minimum atomic E-state index is -0.236. The van der Waals surface area contributed by atoms with Crippen LogP contribution in [0.2, 0.25) is 5.02 Å². The number of imidazole rings is 1. The summed E-state index contributed by atoms with van der Waals surface area (Å²) in [6, 6.07) is 15.4. The van der Waals surface area contributed by atoms with E-state index < -0.39 is 0 Å². The van der Waals surface area contributed by atoms with E-state index in [2.05, 4.69) is 20.3 Å². The van der Waals surface area contributed by atoms with Gasteiger partial charge in [0.1, 0.15) is 17.6 Å². The number of halogens is 1. The predicted molar refractivity (Wildman–Crippen MR) is 157 cm³/mol. The van der Waals surface area contributed by atoms with Crippen molar-refractivity contribution in [2.75, 3.05) is 38.7 Å². The van der Waals surface area contributed by atoms with Gasteiger partial charge in [-0.3, -0.25) is 9.78 Å². The number of nitrogens with zero attached hydrogens (tertiary/aromatic N) is 6. The number of ether oxygens (including phenoxy) is 2. The van der Waals surface area contributed by atoms with Gasteiger partial charge in [-0.2, -0.15) is 0 Å². The van der Waals surface area contributed by atoms with E-state index in [1.807, 2.05) is 64.9 Å². The predicted octanol–water partition coefficient (Wildman–Crippen LogP) is 4.66. The smallest absolute Gasteiger partial charge is 0.228 e. The molecule has 2 aromatic carbocycles. The number of nitrogens with one attached hydrogen (secondary N) is 1. The Kier molecular flexibility index (Phi) is 7.67. The molecule has 1 aliphatic rings. The maximum absolute atomic E-state index is 13.1. The Morgan fingerprint density at radius 2 is 1.93 bits per heavy atom. The standard InChI is InChI=1S/C30H30ClN7O3/c1-19(35-29-28-30(33-17-32-29)38(18-34-28)16-20-6-8-22(40-2)9-7-20)24-14-21-4-3-5-23(31)27(21)25(36-24)15-26(39)37-10-12-41-13-11-37/h3-9,14,17-19H,10-13,15-16H2,1-2H3,(H,32,33,35)/t19-/m0/s1. The third-order valence-electron chi connectivity index (χ3n) is 7.29. The minimum absolute atomic E-state index is 0.0136. The van der Waals surface area contributed by atoms with Crippen molar-refractivity contribution < 1.29 is 14.3 Å². The molecule has 1 N–H and O–H groups in total. The summed E-state index contributed by atoms with van der Waals surface area (Å²) in [5.41, 5.74) is 3.92. The second-order valence-electron chi connectivity index (χ2n) is 9.98. The fraction of sp³-hybridized carbons (Fsp3) is 0.300. The summed E-state index contributed by atoms with van der Waals surface area (Å²) >= 11 is 6.60. The molecule has 1 amide bonds. The van der Waals surface area contributed by atoms with Crippen LogP contribution in [0.25, 0.3) is 21.9 Å². The molecule has 4 heterocycles. The molecule has 0 bridgehead atoms. The molecule has 0 radical (unpaired) electrons. The van der Waals surface area contributed by atoms with E-state index in [0.717, 1.165) is 33.4 Å². The highest BCUT2D eigenvalue weighted by Crippen LogP contribution is 2.30. The highest BCUT2D eigenvalue weighted by atomic mass is 35.5. The number of pyridine rings is 1. The third kappa shape index (κ3) is 5.66. The number of morpholine rings is 1. The lowest BCUT2D eigenvalue weighted by atomic mass is 10.0. The van der Waals surface area contributed by atoms with Crippen molar-refractivity contribution in [3.8, 4) is 5.75 Å². The molecule has 5 aromatic rings. The summed E-state index contributed by atoms with van der Waals surface area (Å²) in [4.78, 5) is 33.5. The summed E-state index contributed by atoms with van der Waals surface area (Å²) in [5, 5.41) is 5.77. The van der Waals surface area contributed by atoms with Crippen molar-refractivity contribution in [3.05, 3.63) is 83.2 Å². The van der Waals surface area contributed by atoms with Gasteiger partial charge in [0.25, 0.3) is 0 Å². The molecular weight excluding hydrogens is 542 g/mol. The van der Waals surface area contributed by atoms with E-state index in [1.54, 1.807) is 13.4 Å². The number of rotatable bonds is 8. The van der Waals surface area contributed by atoms with E-state index in [9.17, 15) is 4.79 Å². The Bertz CT molecular complexity index is 1700. The van der Waals surface area contributed by atoms with Gasteiger partial charge in [-0.05, 0) is 42.1 Å². The monoisotopic (exact) mass is 571 g/mol. The van der Waals surface area contributed by atoms with Gasteiger partial charge in [-0.25, -0.2) is 15.0 Å². The number of benzene rings is 2. The summed E-state index contributed by atoms with van der Waals surface area (Å²) in [7, 11) is 1.65. The van der Waals surface area contributed by atoms with Crippen LogP contribution in [0, 0.1) is 0 Å². The molecule has 210 valence electrons. The number of carbonyl (C=O) groups excluding carboxylic acids is 1. The van der Waals surface area contributed by atoms with E-state index in [0.29, 0.717) is 54.9 Å². The molecule has 0 saturated carbocycles. The zero-order chi connectivity index (χ0) is 28.3. The van der Waals surface area contributed by atoms with Gasteiger partial charge in [-0.1, -0.05) is 35.9 Å². The number of aromatic nitrogens is 5. The van der Waals surface area contributed by atoms with Crippen LogP contribution in [0.15, 0.2) is 61.2 Å². The molecule has 1 atom stereocenters. The van der Waals surface area contributed by atoms with Gasteiger partial charge in [-0.15, -0.1) is 0 Å². The lowest BCUT2D eigenvalue weighted by Gasteiger charge is -2.27. The molecule has 1 aliphatic heterocycles. The summed E-state index contributed by atoms with van der Waals surface area (Å²) in [6.45, 7) is 4.87. The molecule has 0 unspecified atom stereocenters. The van der Waals surface area contributed by atoms with Crippen LogP contribution in [-0.4, -0.2) is 68.7 Å². The Morgan fingerprint density at radius 1 is 1.12 bits per heavy atom. The van der Waals surface area contributed by atoms with E-state index in [1.165, 1.54) is 6.33 Å². The third-order valence-corrected chi connectivity index (χ3v) is 7.61. The number of amides is 1. The van der Waals surface area contributed by atoms with Crippen molar-refractivity contribution in [2.45, 2.75) is 25.9 Å². The molecule has 3 aromatic heterocycles. The fourth-order valence-electron chi connectivity index (χ4n) is 5.10. The van der Waals surface area contributed by atoms with Crippen LogP contribution >= 0.6 is 11.6 Å². The Hall–Kier alpha value is -4.28. The zero-order valence-electron chi connectivity index (χ0n) is 22.9. The van der Waals surface area contributed by atoms with Crippen LogP contribution in [0.4, 0.5) is 5.82 Å². The average molecular weight is 572 g/mol. The van der Waals surface area contributed by atoms with Gasteiger partial charge in [0.15, 0.2) is 11.5 Å².